The van der Waals surface area contributed by atoms with Crippen molar-refractivity contribution in [1.29, 1.82) is 0 Å². The zero-order valence-electron chi connectivity index (χ0n) is 11.1. The first-order valence-electron chi connectivity index (χ1n) is 6.20. The van der Waals surface area contributed by atoms with E-state index in [-0.39, 0.29) is 0 Å². The normalized spacial score (nSPS) is 10.5. The third-order valence-electron chi connectivity index (χ3n) is 2.62. The monoisotopic (exact) mass is 303 g/mol. The Balaban J connectivity index is 1.92. The van der Waals surface area contributed by atoms with Crippen LogP contribution in [0.25, 0.3) is 0 Å². The van der Waals surface area contributed by atoms with Crippen molar-refractivity contribution >= 4 is 23.8 Å². The first-order chi connectivity index (χ1) is 10.1. The van der Waals surface area contributed by atoms with E-state index in [0.29, 0.717) is 11.6 Å². The van der Waals surface area contributed by atoms with Crippen LogP contribution in [-0.4, -0.2) is 12.2 Å². The summed E-state index contributed by atoms with van der Waals surface area (Å²) in [5, 5.41) is 4.35. The standard InChI is InChI=1S/C15H14ClN3O2/c16-14-4-2-1-3-12(14)10-21-13-7-5-11(6-8-13)9-18-19-15(17)20/h1-9H,10H2,(H3,17,19,20)/b18-9+. The quantitative estimate of drug-likeness (QED) is 0.658. The van der Waals surface area contributed by atoms with Crippen molar-refractivity contribution in [3.63, 3.8) is 0 Å². The summed E-state index contributed by atoms with van der Waals surface area (Å²) in [6.45, 7) is 0.399. The molecule has 108 valence electrons. The molecular weight excluding hydrogens is 290 g/mol. The molecule has 0 fully saturated rings. The molecule has 0 saturated carbocycles. The Bertz CT molecular complexity index is 642. The topological polar surface area (TPSA) is 76.7 Å². The van der Waals surface area contributed by atoms with Crippen molar-refractivity contribution in [3.8, 4) is 5.75 Å². The van der Waals surface area contributed by atoms with E-state index in [1.54, 1.807) is 0 Å². The molecule has 5 nitrogen and oxygen atoms in total. The van der Waals surface area contributed by atoms with E-state index in [0.717, 1.165) is 16.9 Å². The Morgan fingerprint density at radius 2 is 1.95 bits per heavy atom. The number of nitrogens with one attached hydrogen (secondary N) is 1. The number of primary amides is 1. The van der Waals surface area contributed by atoms with Crippen molar-refractivity contribution in [3.05, 3.63) is 64.7 Å². The molecule has 0 heterocycles. The van der Waals surface area contributed by atoms with E-state index >= 15 is 0 Å². The molecule has 0 aliphatic heterocycles. The van der Waals surface area contributed by atoms with Crippen LogP contribution in [0.15, 0.2) is 53.6 Å². The molecule has 0 radical (unpaired) electrons. The number of urea groups is 1. The fourth-order valence-corrected chi connectivity index (χ4v) is 1.79. The molecule has 0 bridgehead atoms. The predicted molar refractivity (Wildman–Crippen MR) is 82.5 cm³/mol. The molecule has 0 unspecified atom stereocenters. The smallest absolute Gasteiger partial charge is 0.332 e. The summed E-state index contributed by atoms with van der Waals surface area (Å²) >= 11 is 6.06. The SMILES string of the molecule is NC(=O)N/N=C/c1ccc(OCc2ccccc2Cl)cc1. The van der Waals surface area contributed by atoms with Crippen LogP contribution in [0.1, 0.15) is 11.1 Å². The van der Waals surface area contributed by atoms with Gasteiger partial charge in [0.1, 0.15) is 12.4 Å². The molecule has 2 aromatic carbocycles. The molecule has 0 aliphatic carbocycles. The lowest BCUT2D eigenvalue weighted by molar-refractivity contribution is 0.249. The van der Waals surface area contributed by atoms with Gasteiger partial charge in [-0.2, -0.15) is 5.10 Å². The van der Waals surface area contributed by atoms with E-state index in [1.807, 2.05) is 48.5 Å². The number of hydrogen-bond donors (Lipinski definition) is 2. The first kappa shape index (κ1) is 14.9. The Hall–Kier alpha value is -2.53. The maximum atomic E-state index is 10.5. The molecule has 2 rings (SSSR count). The summed E-state index contributed by atoms with van der Waals surface area (Å²) in [7, 11) is 0. The van der Waals surface area contributed by atoms with Gasteiger partial charge >= 0.3 is 6.03 Å². The molecule has 2 aromatic rings. The van der Waals surface area contributed by atoms with Gasteiger partial charge in [-0.25, -0.2) is 10.2 Å². The van der Waals surface area contributed by atoms with Gasteiger partial charge in [-0.05, 0) is 35.9 Å². The molecule has 6 heteroatoms. The van der Waals surface area contributed by atoms with Crippen LogP contribution >= 0.6 is 11.6 Å². The van der Waals surface area contributed by atoms with Crippen LogP contribution in [-0.2, 0) is 6.61 Å². The van der Waals surface area contributed by atoms with Gasteiger partial charge in [-0.1, -0.05) is 29.8 Å². The fraction of sp³-hybridized carbons (Fsp3) is 0.0667. The van der Waals surface area contributed by atoms with Crippen LogP contribution in [0, 0.1) is 0 Å². The number of halogens is 1. The van der Waals surface area contributed by atoms with Gasteiger partial charge in [-0.15, -0.1) is 0 Å². The van der Waals surface area contributed by atoms with E-state index in [2.05, 4.69) is 10.5 Å². The summed E-state index contributed by atoms with van der Waals surface area (Å²) in [6.07, 6.45) is 1.49. The number of carbonyl (C=O) groups excluding carboxylic acids is 1. The summed E-state index contributed by atoms with van der Waals surface area (Å²) in [6, 6.07) is 14.1. The van der Waals surface area contributed by atoms with Crippen LogP contribution in [0.5, 0.6) is 5.75 Å². The second-order valence-electron chi connectivity index (χ2n) is 4.18. The summed E-state index contributed by atoms with van der Waals surface area (Å²) in [5.41, 5.74) is 8.76. The van der Waals surface area contributed by atoms with Crippen LogP contribution < -0.4 is 15.9 Å². The highest BCUT2D eigenvalue weighted by Gasteiger charge is 2.00. The number of carbonyl (C=O) groups is 1. The maximum absolute atomic E-state index is 10.5. The van der Waals surface area contributed by atoms with Gasteiger partial charge in [0.15, 0.2) is 0 Å². The summed E-state index contributed by atoms with van der Waals surface area (Å²) in [4.78, 5) is 10.5. The first-order valence-corrected chi connectivity index (χ1v) is 6.58. The van der Waals surface area contributed by atoms with Gasteiger partial charge in [0, 0.05) is 10.6 Å². The lowest BCUT2D eigenvalue weighted by Crippen LogP contribution is -2.24. The second-order valence-corrected chi connectivity index (χ2v) is 4.59. The molecule has 0 aliphatic rings. The van der Waals surface area contributed by atoms with E-state index in [4.69, 9.17) is 22.1 Å². The molecule has 0 spiro atoms. The predicted octanol–water partition coefficient (Wildman–Crippen LogP) is 2.92. The average molecular weight is 304 g/mol. The molecule has 21 heavy (non-hydrogen) atoms. The largest absolute Gasteiger partial charge is 0.489 e. The lowest BCUT2D eigenvalue weighted by Gasteiger charge is -2.07. The van der Waals surface area contributed by atoms with Crippen molar-refractivity contribution in [2.24, 2.45) is 10.8 Å². The number of nitrogens with two attached hydrogens (primary N) is 1. The third kappa shape index (κ3) is 4.81. The van der Waals surface area contributed by atoms with Crippen LogP contribution in [0.3, 0.4) is 0 Å². The van der Waals surface area contributed by atoms with E-state index in [9.17, 15) is 4.79 Å². The molecule has 0 atom stereocenters. The van der Waals surface area contributed by atoms with Crippen molar-refractivity contribution < 1.29 is 9.53 Å². The van der Waals surface area contributed by atoms with Gasteiger partial charge in [-0.3, -0.25) is 0 Å². The summed E-state index contributed by atoms with van der Waals surface area (Å²) in [5.74, 6) is 0.718. The van der Waals surface area contributed by atoms with Gasteiger partial charge < -0.3 is 10.5 Å². The van der Waals surface area contributed by atoms with E-state index < -0.39 is 6.03 Å². The Morgan fingerprint density at radius 3 is 2.62 bits per heavy atom. The van der Waals surface area contributed by atoms with Crippen molar-refractivity contribution in [1.82, 2.24) is 5.43 Å². The number of rotatable bonds is 5. The van der Waals surface area contributed by atoms with Crippen molar-refractivity contribution in [2.75, 3.05) is 0 Å². The number of hydrogen-bond acceptors (Lipinski definition) is 3. The number of nitrogens with zero attached hydrogens (tertiary/aromatic N) is 1. The van der Waals surface area contributed by atoms with Gasteiger partial charge in [0.25, 0.3) is 0 Å². The number of hydrazone groups is 1. The minimum atomic E-state index is -0.703. The number of benzene rings is 2. The Kier molecular flexibility index (Phi) is 5.17. The highest BCUT2D eigenvalue weighted by Crippen LogP contribution is 2.18. The van der Waals surface area contributed by atoms with Gasteiger partial charge in [0.2, 0.25) is 0 Å². The number of ether oxygens (including phenoxy) is 1. The third-order valence-corrected chi connectivity index (χ3v) is 2.99. The minimum absolute atomic E-state index is 0.399. The molecular formula is C15H14ClN3O2. The zero-order chi connectivity index (χ0) is 15.1. The van der Waals surface area contributed by atoms with E-state index in [1.165, 1.54) is 6.21 Å². The average Bonchev–Trinajstić information content (AvgIpc) is 2.47. The van der Waals surface area contributed by atoms with Crippen LogP contribution in [0.2, 0.25) is 5.02 Å². The summed E-state index contributed by atoms with van der Waals surface area (Å²) < 4.78 is 5.65. The molecule has 2 amide bonds. The van der Waals surface area contributed by atoms with Gasteiger partial charge in [0.05, 0.1) is 6.21 Å². The minimum Gasteiger partial charge on any atom is -0.489 e. The van der Waals surface area contributed by atoms with Crippen molar-refractivity contribution in [2.45, 2.75) is 6.61 Å². The number of amides is 2. The van der Waals surface area contributed by atoms with Crippen LogP contribution in [0.4, 0.5) is 4.79 Å². The highest BCUT2D eigenvalue weighted by molar-refractivity contribution is 6.31. The molecule has 3 N–H and O–H groups in total. The lowest BCUT2D eigenvalue weighted by atomic mass is 10.2. The molecule has 0 saturated heterocycles. The maximum Gasteiger partial charge on any atom is 0.332 e. The zero-order valence-corrected chi connectivity index (χ0v) is 11.9. The molecule has 0 aromatic heterocycles. The second kappa shape index (κ2) is 7.31. The Labute approximate surface area is 127 Å². The highest BCUT2D eigenvalue weighted by atomic mass is 35.5. The Morgan fingerprint density at radius 1 is 1.24 bits per heavy atom. The fourth-order valence-electron chi connectivity index (χ4n) is 1.60.